The number of fused-ring (bicyclic) bond motifs is 1. The fourth-order valence-electron chi connectivity index (χ4n) is 4.97. The van der Waals surface area contributed by atoms with Crippen molar-refractivity contribution in [3.05, 3.63) is 34.9 Å². The van der Waals surface area contributed by atoms with Crippen molar-refractivity contribution < 1.29 is 29.3 Å². The van der Waals surface area contributed by atoms with Crippen LogP contribution >= 0.6 is 0 Å². The third kappa shape index (κ3) is 4.51. The Labute approximate surface area is 186 Å². The summed E-state index contributed by atoms with van der Waals surface area (Å²) in [5, 5.41) is 23.0. The molecule has 0 aromatic carbocycles. The van der Waals surface area contributed by atoms with Crippen LogP contribution in [0.15, 0.2) is 34.9 Å². The quantitative estimate of drug-likeness (QED) is 0.388. The summed E-state index contributed by atoms with van der Waals surface area (Å²) in [5.74, 6) is -1.75. The van der Waals surface area contributed by atoms with Gasteiger partial charge in [-0.25, -0.2) is 9.59 Å². The number of allylic oxidation sites excluding steroid dienone is 2. The lowest BCUT2D eigenvalue weighted by atomic mass is 9.66. The van der Waals surface area contributed by atoms with Crippen LogP contribution in [0.2, 0.25) is 0 Å². The number of ether oxygens (including phenoxy) is 2. The summed E-state index contributed by atoms with van der Waals surface area (Å²) in [6.07, 6.45) is 3.32. The van der Waals surface area contributed by atoms with Crippen LogP contribution in [-0.4, -0.2) is 46.1 Å². The number of aliphatic hydroxyl groups excluding tert-OH is 1. The summed E-state index contributed by atoms with van der Waals surface area (Å²) < 4.78 is 11.8. The van der Waals surface area contributed by atoms with Gasteiger partial charge in [-0.2, -0.15) is 0 Å². The predicted molar refractivity (Wildman–Crippen MR) is 119 cm³/mol. The highest BCUT2D eigenvalue weighted by Gasteiger charge is 2.67. The summed E-state index contributed by atoms with van der Waals surface area (Å²) in [5.41, 5.74) is -0.503. The summed E-state index contributed by atoms with van der Waals surface area (Å²) in [7, 11) is 0. The van der Waals surface area contributed by atoms with Crippen LogP contribution in [0.1, 0.15) is 68.2 Å². The topological polar surface area (TPSA) is 93.1 Å². The van der Waals surface area contributed by atoms with Gasteiger partial charge in [0.15, 0.2) is 0 Å². The minimum atomic E-state index is -1.29. The molecule has 6 atom stereocenters. The monoisotopic (exact) mass is 434 g/mol. The second-order valence-electron chi connectivity index (χ2n) is 9.64. The van der Waals surface area contributed by atoms with Gasteiger partial charge in [0.25, 0.3) is 0 Å². The average molecular weight is 435 g/mol. The zero-order valence-corrected chi connectivity index (χ0v) is 20.1. The first-order valence-electron chi connectivity index (χ1n) is 11.1. The third-order valence-corrected chi connectivity index (χ3v) is 7.39. The molecule has 2 aliphatic carbocycles. The zero-order chi connectivity index (χ0) is 23.7. The van der Waals surface area contributed by atoms with Crippen molar-refractivity contribution >= 4 is 11.9 Å². The van der Waals surface area contributed by atoms with Gasteiger partial charge in [0.1, 0.15) is 12.2 Å². The molecule has 0 amide bonds. The SMILES string of the molecule is C/C=C(/C)C(=O)O[C@@H]1CC(C)=C[C@@H](OC(=O)/C(C)=C\C)[C@@]2(C)[C@H](O)C[C@](O)(C(C)C)[C@@H]12. The fraction of sp³-hybridized carbons (Fsp3) is 0.680. The molecule has 6 heteroatoms. The molecule has 0 unspecified atom stereocenters. The van der Waals surface area contributed by atoms with Crippen LogP contribution in [0, 0.1) is 17.3 Å². The predicted octanol–water partition coefficient (Wildman–Crippen LogP) is 3.87. The van der Waals surface area contributed by atoms with E-state index in [9.17, 15) is 19.8 Å². The van der Waals surface area contributed by atoms with Gasteiger partial charge in [-0.1, -0.05) is 38.5 Å². The minimum Gasteiger partial charge on any atom is -0.458 e. The Hall–Kier alpha value is -1.92. The van der Waals surface area contributed by atoms with E-state index in [1.54, 1.807) is 39.8 Å². The first-order chi connectivity index (χ1) is 14.3. The molecule has 0 heterocycles. The maximum absolute atomic E-state index is 12.7. The van der Waals surface area contributed by atoms with E-state index in [0.29, 0.717) is 17.6 Å². The smallest absolute Gasteiger partial charge is 0.333 e. The van der Waals surface area contributed by atoms with Crippen molar-refractivity contribution in [3.63, 3.8) is 0 Å². The van der Waals surface area contributed by atoms with Gasteiger partial charge in [-0.05, 0) is 46.6 Å². The highest BCUT2D eigenvalue weighted by Crippen LogP contribution is 2.58. The second kappa shape index (κ2) is 9.29. The first-order valence-corrected chi connectivity index (χ1v) is 11.1. The molecular formula is C25H38O6. The molecule has 1 saturated carbocycles. The van der Waals surface area contributed by atoms with Crippen molar-refractivity contribution in [1.29, 1.82) is 0 Å². The van der Waals surface area contributed by atoms with E-state index in [0.717, 1.165) is 5.57 Å². The van der Waals surface area contributed by atoms with Gasteiger partial charge >= 0.3 is 11.9 Å². The van der Waals surface area contributed by atoms with Gasteiger partial charge in [0.05, 0.1) is 11.7 Å². The Morgan fingerprint density at radius 2 is 1.65 bits per heavy atom. The maximum Gasteiger partial charge on any atom is 0.333 e. The summed E-state index contributed by atoms with van der Waals surface area (Å²) in [6.45, 7) is 14.4. The molecule has 0 radical (unpaired) electrons. The summed E-state index contributed by atoms with van der Waals surface area (Å²) in [6, 6.07) is 0. The molecule has 174 valence electrons. The van der Waals surface area contributed by atoms with Crippen LogP contribution in [0.4, 0.5) is 0 Å². The van der Waals surface area contributed by atoms with Gasteiger partial charge < -0.3 is 19.7 Å². The highest BCUT2D eigenvalue weighted by atomic mass is 16.6. The lowest BCUT2D eigenvalue weighted by molar-refractivity contribution is -0.177. The molecular weight excluding hydrogens is 396 g/mol. The van der Waals surface area contributed by atoms with E-state index >= 15 is 0 Å². The van der Waals surface area contributed by atoms with Crippen molar-refractivity contribution in [2.75, 3.05) is 0 Å². The average Bonchev–Trinajstić information content (AvgIpc) is 2.85. The number of hydrogen-bond donors (Lipinski definition) is 2. The van der Waals surface area contributed by atoms with Crippen molar-refractivity contribution in [2.24, 2.45) is 17.3 Å². The number of carbonyl (C=O) groups is 2. The van der Waals surface area contributed by atoms with Crippen LogP contribution in [0.3, 0.4) is 0 Å². The van der Waals surface area contributed by atoms with E-state index in [-0.39, 0.29) is 12.3 Å². The molecule has 6 nitrogen and oxygen atoms in total. The molecule has 0 aromatic rings. The fourth-order valence-corrected chi connectivity index (χ4v) is 4.97. The Morgan fingerprint density at radius 1 is 1.13 bits per heavy atom. The van der Waals surface area contributed by atoms with Crippen LogP contribution in [-0.2, 0) is 19.1 Å². The normalized spacial score (nSPS) is 36.5. The standard InChI is InChI=1S/C25H38O6/c1-9-16(6)22(27)30-18-11-15(5)12-20(31-23(28)17(7)10-2)24(8)19(26)13-25(29,14(3)4)21(18)24/h9-10,12,14,18-21,26,29H,11,13H2,1-8H3/b16-9-,17-10-/t18-,19-,20-,21+,24-,25+/m1/s1. The van der Waals surface area contributed by atoms with Gasteiger partial charge in [-0.15, -0.1) is 0 Å². The number of carbonyl (C=O) groups excluding carboxylic acids is 2. The molecule has 1 fully saturated rings. The van der Waals surface area contributed by atoms with Crippen molar-refractivity contribution in [1.82, 2.24) is 0 Å². The Morgan fingerprint density at radius 3 is 2.13 bits per heavy atom. The van der Waals surface area contributed by atoms with E-state index in [4.69, 9.17) is 9.47 Å². The van der Waals surface area contributed by atoms with Gasteiger partial charge in [-0.3, -0.25) is 0 Å². The van der Waals surface area contributed by atoms with E-state index in [1.165, 1.54) is 0 Å². The van der Waals surface area contributed by atoms with Crippen LogP contribution < -0.4 is 0 Å². The van der Waals surface area contributed by atoms with Gasteiger partial charge in [0, 0.05) is 35.3 Å². The first kappa shape index (κ1) is 25.3. The zero-order valence-electron chi connectivity index (χ0n) is 20.1. The Bertz CT molecular complexity index is 807. The number of esters is 2. The molecule has 0 saturated heterocycles. The molecule has 0 bridgehead atoms. The number of aliphatic hydroxyl groups is 2. The van der Waals surface area contributed by atoms with Crippen LogP contribution in [0.5, 0.6) is 0 Å². The van der Waals surface area contributed by atoms with Gasteiger partial charge in [0.2, 0.25) is 0 Å². The van der Waals surface area contributed by atoms with Crippen LogP contribution in [0.25, 0.3) is 0 Å². The lowest BCUT2D eigenvalue weighted by Crippen LogP contribution is -2.54. The van der Waals surface area contributed by atoms with E-state index < -0.39 is 47.2 Å². The third-order valence-electron chi connectivity index (χ3n) is 7.39. The molecule has 0 aromatic heterocycles. The second-order valence-corrected chi connectivity index (χ2v) is 9.64. The molecule has 0 spiro atoms. The lowest BCUT2D eigenvalue weighted by Gasteiger charge is -2.45. The molecule has 2 aliphatic rings. The number of rotatable bonds is 5. The van der Waals surface area contributed by atoms with E-state index in [1.807, 2.05) is 33.8 Å². The molecule has 0 aliphatic heterocycles. The Balaban J connectivity index is 2.61. The number of hydrogen-bond acceptors (Lipinski definition) is 6. The summed E-state index contributed by atoms with van der Waals surface area (Å²) >= 11 is 0. The Kier molecular flexibility index (Phi) is 7.59. The minimum absolute atomic E-state index is 0.117. The van der Waals surface area contributed by atoms with E-state index in [2.05, 4.69) is 0 Å². The largest absolute Gasteiger partial charge is 0.458 e. The highest BCUT2D eigenvalue weighted by molar-refractivity contribution is 5.88. The maximum atomic E-state index is 12.7. The van der Waals surface area contributed by atoms with Crippen molar-refractivity contribution in [2.45, 2.75) is 92.1 Å². The molecule has 2 rings (SSSR count). The molecule has 31 heavy (non-hydrogen) atoms. The summed E-state index contributed by atoms with van der Waals surface area (Å²) in [4.78, 5) is 25.3. The van der Waals surface area contributed by atoms with Crippen molar-refractivity contribution in [3.8, 4) is 0 Å². The molecule has 2 N–H and O–H groups in total.